The maximum Gasteiger partial charge on any atom is 0.410 e. The van der Waals surface area contributed by atoms with Gasteiger partial charge < -0.3 is 25.0 Å². The van der Waals surface area contributed by atoms with E-state index in [0.29, 0.717) is 38.8 Å². The van der Waals surface area contributed by atoms with Gasteiger partial charge in [0, 0.05) is 18.9 Å². The number of benzene rings is 1. The number of nitrogens with one attached hydrogen (secondary N) is 3. The summed E-state index contributed by atoms with van der Waals surface area (Å²) in [6.07, 6.45) is 5.18. The summed E-state index contributed by atoms with van der Waals surface area (Å²) in [6, 6.07) is 3.48. The molecule has 2 aliphatic carbocycles. The van der Waals surface area contributed by atoms with E-state index in [2.05, 4.69) is 21.9 Å². The fourth-order valence-electron chi connectivity index (χ4n) is 7.25. The molecule has 6 rings (SSSR count). The van der Waals surface area contributed by atoms with Gasteiger partial charge in [-0.15, -0.1) is 6.58 Å². The zero-order valence-corrected chi connectivity index (χ0v) is 31.2. The Kier molecular flexibility index (Phi) is 9.73. The summed E-state index contributed by atoms with van der Waals surface area (Å²) in [5.41, 5.74) is -0.377. The number of ether oxygens (including phenoxy) is 2. The van der Waals surface area contributed by atoms with E-state index in [0.717, 1.165) is 16.7 Å². The number of fused-ring (bicyclic) bond motifs is 3. The van der Waals surface area contributed by atoms with Gasteiger partial charge in [0.05, 0.1) is 18.3 Å². The van der Waals surface area contributed by atoms with E-state index in [4.69, 9.17) is 9.47 Å². The molecule has 5 atom stereocenters. The lowest BCUT2D eigenvalue weighted by atomic mass is 9.85. The van der Waals surface area contributed by atoms with Crippen molar-refractivity contribution in [3.05, 3.63) is 53.6 Å². The molecule has 0 radical (unpaired) electrons. The largest absolute Gasteiger partial charge is 0.444 e. The first-order chi connectivity index (χ1) is 24.3. The fourth-order valence-corrected chi connectivity index (χ4v) is 8.61. The Balaban J connectivity index is 1.30. The van der Waals surface area contributed by atoms with Crippen LogP contribution in [0.2, 0.25) is 0 Å². The van der Waals surface area contributed by atoms with E-state index in [1.165, 1.54) is 11.0 Å². The minimum Gasteiger partial charge on any atom is -0.444 e. The molecule has 4 bridgehead atoms. The minimum absolute atomic E-state index is 0.0940. The van der Waals surface area contributed by atoms with Crippen LogP contribution in [-0.2, 0) is 47.0 Å². The maximum atomic E-state index is 14.5. The topological polar surface area (TPSA) is 181 Å². The number of cyclic esters (lactones) is 1. The van der Waals surface area contributed by atoms with Crippen molar-refractivity contribution in [3.63, 3.8) is 0 Å². The van der Waals surface area contributed by atoms with Crippen LogP contribution in [0.15, 0.2) is 36.9 Å². The molecule has 0 aromatic heterocycles. The summed E-state index contributed by atoms with van der Waals surface area (Å²) in [5.74, 6) is -2.74. The number of sulfonamides is 1. The van der Waals surface area contributed by atoms with Gasteiger partial charge in [0.25, 0.3) is 5.91 Å². The third-order valence-corrected chi connectivity index (χ3v) is 12.4. The van der Waals surface area contributed by atoms with Gasteiger partial charge in [0.15, 0.2) is 0 Å². The first-order valence-corrected chi connectivity index (χ1v) is 19.4. The number of alkyl carbamates (subject to hydrolysis) is 1. The molecule has 3 heterocycles. The third kappa shape index (κ3) is 7.69. The van der Waals surface area contributed by atoms with Gasteiger partial charge in [-0.2, -0.15) is 0 Å². The average molecular weight is 740 g/mol. The molecule has 5 aliphatic rings. The number of nitrogens with zero attached hydrogens (tertiary/aromatic N) is 2. The summed E-state index contributed by atoms with van der Waals surface area (Å²) < 4.78 is 39.2. The van der Waals surface area contributed by atoms with Crippen molar-refractivity contribution in [1.82, 2.24) is 25.2 Å². The van der Waals surface area contributed by atoms with Crippen LogP contribution in [0.1, 0.15) is 89.8 Å². The molecule has 1 aromatic rings. The molecule has 0 spiro atoms. The highest BCUT2D eigenvalue weighted by Crippen LogP contribution is 2.45. The lowest BCUT2D eigenvalue weighted by Gasteiger charge is -2.36. The van der Waals surface area contributed by atoms with Crippen LogP contribution < -0.4 is 15.4 Å². The van der Waals surface area contributed by atoms with Crippen LogP contribution in [0.5, 0.6) is 0 Å². The number of hydrogen-bond donors (Lipinski definition) is 3. The van der Waals surface area contributed by atoms with Crippen LogP contribution >= 0.6 is 0 Å². The van der Waals surface area contributed by atoms with Crippen molar-refractivity contribution < 1.29 is 41.9 Å². The SMILES string of the molecule is C=C[C@H]1C[C@]1(NC(=O)[C@@H]1C[C@@H]2CN1C(=O)[C@H](C(C)(C)C)NC(=O)OC(C)(C)CC/C=C/c1cccc3c1CN(C3)C(=O)O2)C(=O)NS(=O)(=O)C1CC1. The summed E-state index contributed by atoms with van der Waals surface area (Å²) >= 11 is 0. The van der Waals surface area contributed by atoms with Gasteiger partial charge in [0.1, 0.15) is 29.3 Å². The Hall–Kier alpha value is -4.40. The van der Waals surface area contributed by atoms with Crippen LogP contribution in [0, 0.1) is 11.3 Å². The molecule has 3 aliphatic heterocycles. The molecular formula is C37H49N5O9S. The number of carbonyl (C=O) groups is 5. The van der Waals surface area contributed by atoms with Gasteiger partial charge in [0.2, 0.25) is 21.8 Å². The molecule has 3 fully saturated rings. The minimum atomic E-state index is -3.91. The molecular weight excluding hydrogens is 691 g/mol. The molecule has 52 heavy (non-hydrogen) atoms. The summed E-state index contributed by atoms with van der Waals surface area (Å²) in [5, 5.41) is 4.82. The molecule has 2 saturated carbocycles. The predicted molar refractivity (Wildman–Crippen MR) is 191 cm³/mol. The predicted octanol–water partition coefficient (Wildman–Crippen LogP) is 3.50. The summed E-state index contributed by atoms with van der Waals surface area (Å²) in [7, 11) is -3.91. The maximum absolute atomic E-state index is 14.5. The first kappa shape index (κ1) is 37.4. The second-order valence-corrected chi connectivity index (χ2v) is 18.3. The van der Waals surface area contributed by atoms with Crippen molar-refractivity contribution >= 4 is 46.0 Å². The molecule has 3 N–H and O–H groups in total. The normalized spacial score (nSPS) is 29.8. The molecule has 15 heteroatoms. The highest BCUT2D eigenvalue weighted by atomic mass is 32.2. The Labute approximate surface area is 304 Å². The van der Waals surface area contributed by atoms with Crippen LogP contribution in [0.4, 0.5) is 9.59 Å². The van der Waals surface area contributed by atoms with E-state index in [9.17, 15) is 32.4 Å². The zero-order chi connectivity index (χ0) is 37.8. The number of hydrogen-bond acceptors (Lipinski definition) is 9. The van der Waals surface area contributed by atoms with Gasteiger partial charge in [-0.25, -0.2) is 18.0 Å². The second-order valence-electron chi connectivity index (χ2n) is 16.3. The Morgan fingerprint density at radius 3 is 2.50 bits per heavy atom. The fraction of sp³-hybridized carbons (Fsp3) is 0.595. The summed E-state index contributed by atoms with van der Waals surface area (Å²) in [4.78, 5) is 71.9. The number of rotatable bonds is 6. The van der Waals surface area contributed by atoms with Crippen molar-refractivity contribution in [3.8, 4) is 0 Å². The van der Waals surface area contributed by atoms with Crippen LogP contribution in [0.3, 0.4) is 0 Å². The van der Waals surface area contributed by atoms with Crippen molar-refractivity contribution in [2.24, 2.45) is 11.3 Å². The Morgan fingerprint density at radius 1 is 1.12 bits per heavy atom. The highest BCUT2D eigenvalue weighted by molar-refractivity contribution is 7.91. The average Bonchev–Trinajstić information content (AvgIpc) is 3.94. The van der Waals surface area contributed by atoms with E-state index in [-0.39, 0.29) is 19.4 Å². The highest BCUT2D eigenvalue weighted by Gasteiger charge is 2.62. The Bertz CT molecular complexity index is 1810. The molecule has 1 saturated heterocycles. The van der Waals surface area contributed by atoms with E-state index < -0.39 is 85.8 Å². The second kappa shape index (κ2) is 13.5. The van der Waals surface area contributed by atoms with E-state index in [1.807, 2.05) is 30.4 Å². The first-order valence-electron chi connectivity index (χ1n) is 17.9. The molecule has 14 nitrogen and oxygen atoms in total. The third-order valence-electron chi connectivity index (χ3n) is 10.6. The lowest BCUT2D eigenvalue weighted by Crippen LogP contribution is -2.60. The van der Waals surface area contributed by atoms with Gasteiger partial charge in [-0.05, 0) is 68.1 Å². The van der Waals surface area contributed by atoms with Gasteiger partial charge in [-0.1, -0.05) is 57.2 Å². The molecule has 282 valence electrons. The molecule has 1 aromatic carbocycles. The quantitative estimate of drug-likeness (QED) is 0.368. The van der Waals surface area contributed by atoms with Gasteiger partial charge in [-0.3, -0.25) is 24.0 Å². The smallest absolute Gasteiger partial charge is 0.410 e. The number of carbonyl (C=O) groups excluding carboxylic acids is 5. The molecule has 0 unspecified atom stereocenters. The van der Waals surface area contributed by atoms with E-state index in [1.54, 1.807) is 39.5 Å². The molecule has 5 amide bonds. The number of amides is 5. The summed E-state index contributed by atoms with van der Waals surface area (Å²) in [6.45, 7) is 13.1. The van der Waals surface area contributed by atoms with Crippen LogP contribution in [-0.4, -0.2) is 89.2 Å². The number of allylic oxidation sites excluding steroid dienone is 1. The zero-order valence-electron chi connectivity index (χ0n) is 30.4. The van der Waals surface area contributed by atoms with E-state index >= 15 is 0 Å². The van der Waals surface area contributed by atoms with Crippen molar-refractivity contribution in [2.75, 3.05) is 6.54 Å². The lowest BCUT2D eigenvalue weighted by molar-refractivity contribution is -0.143. The van der Waals surface area contributed by atoms with Gasteiger partial charge >= 0.3 is 12.2 Å². The standard InChI is InChI=1S/C37H49N5O9S/c1-7-24-18-37(24,32(45)40-52(48,49)26-14-15-26)39-30(43)28-17-25-20-42(28)31(44)29(35(2,3)4)38-33(46)51-36(5,6)16-9-8-11-22-12-10-13-23-19-41(21-27(22)23)34(47)50-25/h7-8,10-13,24-26,28-29H,1,9,14-21H2,2-6H3,(H,38,46)(H,39,43)(H,40,45)/b11-8+/t24-,25+,28-,29+,37+/m0/s1. The van der Waals surface area contributed by atoms with Crippen molar-refractivity contribution in [2.45, 2.75) is 121 Å². The van der Waals surface area contributed by atoms with Crippen LogP contribution in [0.25, 0.3) is 6.08 Å². The Morgan fingerprint density at radius 2 is 1.85 bits per heavy atom. The monoisotopic (exact) mass is 739 g/mol. The van der Waals surface area contributed by atoms with Crippen molar-refractivity contribution in [1.29, 1.82) is 0 Å².